The molecule has 0 fully saturated rings. The molecule has 3 N–H and O–H groups in total. The number of amides is 1. The number of hydrogen-bond donors (Lipinski definition) is 3. The third-order valence-corrected chi connectivity index (χ3v) is 5.16. The van der Waals surface area contributed by atoms with Crippen LogP contribution in [-0.2, 0) is 17.8 Å². The number of imidazole rings is 1. The predicted octanol–water partition coefficient (Wildman–Crippen LogP) is 4.63. The number of rotatable bonds is 11. The average Bonchev–Trinajstić information content (AvgIpc) is 3.16. The Hall–Kier alpha value is -2.77. The summed E-state index contributed by atoms with van der Waals surface area (Å²) in [6.45, 7) is 9.47. The lowest BCUT2D eigenvalue weighted by Crippen LogP contribution is -2.43. The lowest BCUT2D eigenvalue weighted by Gasteiger charge is -2.21. The Morgan fingerprint density at radius 1 is 1.15 bits per heavy atom. The van der Waals surface area contributed by atoms with Gasteiger partial charge in [0.05, 0.1) is 17.6 Å². The highest BCUT2D eigenvalue weighted by Crippen LogP contribution is 2.33. The summed E-state index contributed by atoms with van der Waals surface area (Å²) in [4.78, 5) is 20.0. The summed E-state index contributed by atoms with van der Waals surface area (Å²) in [5.74, 6) is 1.83. The molecule has 1 aromatic heterocycles. The van der Waals surface area contributed by atoms with Crippen molar-refractivity contribution in [2.75, 3.05) is 19.8 Å². The molecular formula is C25H33ClN4O3. The Bertz CT molecular complexity index is 1040. The van der Waals surface area contributed by atoms with Gasteiger partial charge in [0.15, 0.2) is 18.1 Å². The van der Waals surface area contributed by atoms with Gasteiger partial charge in [-0.2, -0.15) is 0 Å². The Kier molecular flexibility index (Phi) is 8.58. The molecule has 3 rings (SSSR count). The number of aromatic amines is 1. The molecule has 0 saturated carbocycles. The number of ether oxygens (including phenoxy) is 2. The third kappa shape index (κ3) is 7.65. The molecule has 178 valence electrons. The van der Waals surface area contributed by atoms with Crippen molar-refractivity contribution in [1.82, 2.24) is 20.6 Å². The van der Waals surface area contributed by atoms with Crippen LogP contribution in [0, 0.1) is 0 Å². The molecule has 3 aromatic rings. The van der Waals surface area contributed by atoms with Crippen molar-refractivity contribution in [1.29, 1.82) is 0 Å². The first-order valence-electron chi connectivity index (χ1n) is 11.3. The van der Waals surface area contributed by atoms with Crippen molar-refractivity contribution in [3.05, 3.63) is 52.8 Å². The molecule has 1 amide bonds. The van der Waals surface area contributed by atoms with Gasteiger partial charge in [0.25, 0.3) is 5.91 Å². The van der Waals surface area contributed by atoms with Crippen LogP contribution in [-0.4, -0.2) is 41.2 Å². The number of benzene rings is 2. The van der Waals surface area contributed by atoms with Gasteiger partial charge in [0.1, 0.15) is 5.82 Å². The van der Waals surface area contributed by atoms with Crippen molar-refractivity contribution < 1.29 is 14.3 Å². The molecule has 8 heteroatoms. The van der Waals surface area contributed by atoms with E-state index in [0.717, 1.165) is 41.8 Å². The minimum Gasteiger partial charge on any atom is -0.490 e. The Morgan fingerprint density at radius 3 is 2.64 bits per heavy atom. The van der Waals surface area contributed by atoms with Crippen LogP contribution >= 0.6 is 11.6 Å². The Morgan fingerprint density at radius 2 is 1.91 bits per heavy atom. The topological polar surface area (TPSA) is 88.3 Å². The fraction of sp³-hybridized carbons (Fsp3) is 0.440. The molecule has 1 heterocycles. The van der Waals surface area contributed by atoms with Crippen molar-refractivity contribution in [2.45, 2.75) is 52.6 Å². The summed E-state index contributed by atoms with van der Waals surface area (Å²) in [5, 5.41) is 6.86. The van der Waals surface area contributed by atoms with E-state index in [4.69, 9.17) is 21.1 Å². The standard InChI is InChI=1S/C25H33ClN4O3/c1-5-32-21-13-17(18(26)14-22(21)33-16-24(31)30-25(2,3)4)15-27-12-8-11-23-28-19-9-6-7-10-20(19)29-23/h6-7,9-10,13-14,27H,5,8,11-12,15-16H2,1-4H3,(H,28,29)(H,30,31). The van der Waals surface area contributed by atoms with Gasteiger partial charge >= 0.3 is 0 Å². The summed E-state index contributed by atoms with van der Waals surface area (Å²) in [5.41, 5.74) is 2.65. The van der Waals surface area contributed by atoms with Gasteiger partial charge < -0.3 is 25.1 Å². The summed E-state index contributed by atoms with van der Waals surface area (Å²) >= 11 is 6.49. The molecule has 0 saturated heterocycles. The number of para-hydroxylation sites is 2. The summed E-state index contributed by atoms with van der Waals surface area (Å²) in [6.07, 6.45) is 1.81. The zero-order chi connectivity index (χ0) is 23.8. The van der Waals surface area contributed by atoms with Gasteiger partial charge in [0, 0.05) is 29.6 Å². The SMILES string of the molecule is CCOc1cc(CNCCCc2nc3ccccc3[nH]2)c(Cl)cc1OCC(=O)NC(C)(C)C. The first-order chi connectivity index (χ1) is 15.7. The number of hydrogen-bond acceptors (Lipinski definition) is 5. The van der Waals surface area contributed by atoms with Crippen molar-refractivity contribution in [3.8, 4) is 11.5 Å². The molecule has 0 bridgehead atoms. The highest BCUT2D eigenvalue weighted by Gasteiger charge is 2.16. The van der Waals surface area contributed by atoms with Crippen molar-refractivity contribution in [3.63, 3.8) is 0 Å². The van der Waals surface area contributed by atoms with Gasteiger partial charge in [-0.1, -0.05) is 23.7 Å². The number of nitrogens with one attached hydrogen (secondary N) is 3. The van der Waals surface area contributed by atoms with Gasteiger partial charge in [-0.3, -0.25) is 4.79 Å². The van der Waals surface area contributed by atoms with Crippen LogP contribution in [0.2, 0.25) is 5.02 Å². The minimum atomic E-state index is -0.319. The predicted molar refractivity (Wildman–Crippen MR) is 132 cm³/mol. The van der Waals surface area contributed by atoms with E-state index in [2.05, 4.69) is 20.6 Å². The molecule has 0 radical (unpaired) electrons. The highest BCUT2D eigenvalue weighted by atomic mass is 35.5. The third-order valence-electron chi connectivity index (χ3n) is 4.81. The molecule has 0 aliphatic heterocycles. The summed E-state index contributed by atoms with van der Waals surface area (Å²) in [7, 11) is 0. The number of aromatic nitrogens is 2. The van der Waals surface area contributed by atoms with E-state index < -0.39 is 0 Å². The second-order valence-corrected chi connectivity index (χ2v) is 9.30. The lowest BCUT2D eigenvalue weighted by molar-refractivity contribution is -0.124. The molecule has 7 nitrogen and oxygen atoms in total. The zero-order valence-electron chi connectivity index (χ0n) is 19.8. The lowest BCUT2D eigenvalue weighted by atomic mass is 10.1. The van der Waals surface area contributed by atoms with Crippen LogP contribution in [0.5, 0.6) is 11.5 Å². The van der Waals surface area contributed by atoms with E-state index in [0.29, 0.717) is 29.7 Å². The van der Waals surface area contributed by atoms with Crippen LogP contribution in [0.15, 0.2) is 36.4 Å². The maximum Gasteiger partial charge on any atom is 0.258 e. The van der Waals surface area contributed by atoms with Crippen LogP contribution in [0.1, 0.15) is 45.5 Å². The zero-order valence-corrected chi connectivity index (χ0v) is 20.5. The first-order valence-corrected chi connectivity index (χ1v) is 11.7. The average molecular weight is 473 g/mol. The van der Waals surface area contributed by atoms with Gasteiger partial charge in [0.2, 0.25) is 0 Å². The molecule has 0 aliphatic carbocycles. The van der Waals surface area contributed by atoms with Crippen molar-refractivity contribution >= 4 is 28.5 Å². The fourth-order valence-electron chi connectivity index (χ4n) is 3.42. The van der Waals surface area contributed by atoms with Crippen LogP contribution in [0.25, 0.3) is 11.0 Å². The smallest absolute Gasteiger partial charge is 0.258 e. The largest absolute Gasteiger partial charge is 0.490 e. The minimum absolute atomic E-state index is 0.104. The quantitative estimate of drug-likeness (QED) is 0.354. The monoisotopic (exact) mass is 472 g/mol. The summed E-state index contributed by atoms with van der Waals surface area (Å²) < 4.78 is 11.4. The second-order valence-electron chi connectivity index (χ2n) is 8.89. The van der Waals surface area contributed by atoms with Gasteiger partial charge in [-0.25, -0.2) is 4.98 Å². The second kappa shape index (κ2) is 11.4. The number of fused-ring (bicyclic) bond motifs is 1. The highest BCUT2D eigenvalue weighted by molar-refractivity contribution is 6.31. The van der Waals surface area contributed by atoms with Gasteiger partial charge in [-0.15, -0.1) is 0 Å². The van der Waals surface area contributed by atoms with E-state index in [9.17, 15) is 4.79 Å². The maximum absolute atomic E-state index is 12.1. The first kappa shape index (κ1) is 24.9. The molecule has 33 heavy (non-hydrogen) atoms. The number of nitrogens with zero attached hydrogens (tertiary/aromatic N) is 1. The van der Waals surface area contributed by atoms with E-state index in [1.54, 1.807) is 6.07 Å². The van der Waals surface area contributed by atoms with E-state index in [-0.39, 0.29) is 18.1 Å². The molecule has 0 atom stereocenters. The fourth-order valence-corrected chi connectivity index (χ4v) is 3.64. The molecule has 2 aromatic carbocycles. The van der Waals surface area contributed by atoms with Crippen LogP contribution < -0.4 is 20.1 Å². The van der Waals surface area contributed by atoms with Crippen LogP contribution in [0.3, 0.4) is 0 Å². The number of H-pyrrole nitrogens is 1. The molecule has 0 aliphatic rings. The van der Waals surface area contributed by atoms with Crippen molar-refractivity contribution in [2.24, 2.45) is 0 Å². The Labute approximate surface area is 200 Å². The van der Waals surface area contributed by atoms with E-state index in [1.807, 2.05) is 58.0 Å². The number of carbonyl (C=O) groups excluding carboxylic acids is 1. The molecule has 0 spiro atoms. The number of carbonyl (C=O) groups is 1. The number of halogens is 1. The molecular weight excluding hydrogens is 440 g/mol. The maximum atomic E-state index is 12.1. The summed E-state index contributed by atoms with van der Waals surface area (Å²) in [6, 6.07) is 11.6. The van der Waals surface area contributed by atoms with Gasteiger partial charge in [-0.05, 0) is 64.4 Å². The Balaban J connectivity index is 1.51. The van der Waals surface area contributed by atoms with E-state index in [1.165, 1.54) is 0 Å². The normalized spacial score (nSPS) is 11.5. The number of aryl methyl sites for hydroxylation is 1. The van der Waals surface area contributed by atoms with E-state index >= 15 is 0 Å². The van der Waals surface area contributed by atoms with Crippen LogP contribution in [0.4, 0.5) is 0 Å². The molecule has 0 unspecified atom stereocenters.